The van der Waals surface area contributed by atoms with Crippen molar-refractivity contribution in [1.82, 2.24) is 0 Å². The van der Waals surface area contributed by atoms with Gasteiger partial charge in [0.2, 0.25) is 9.76 Å². The third-order valence-corrected chi connectivity index (χ3v) is 13.0. The van der Waals surface area contributed by atoms with E-state index >= 15 is 0 Å². The molecule has 3 nitrogen and oxygen atoms in total. The fraction of sp³-hybridized carbons (Fsp3) is 0.950. The monoisotopic (exact) mass is 386 g/mol. The molecule has 0 aromatic carbocycles. The van der Waals surface area contributed by atoms with Gasteiger partial charge in [-0.3, -0.25) is 4.79 Å². The van der Waals surface area contributed by atoms with Crippen LogP contribution in [0.2, 0.25) is 21.2 Å². The van der Waals surface area contributed by atoms with Crippen LogP contribution in [0, 0.1) is 5.92 Å². The van der Waals surface area contributed by atoms with Crippen LogP contribution >= 0.6 is 0 Å². The standard InChI is InChI=1S/C20H42O3Si2/c1-15(14-24-23-17(2,3)4)16(21)22-25(18(5,6)7,19(8,9)10)20(11,12)13/h15H,14H2,1-13H3. The van der Waals surface area contributed by atoms with Gasteiger partial charge in [-0.1, -0.05) is 69.2 Å². The zero-order valence-corrected chi connectivity index (χ0v) is 21.0. The maximum Gasteiger partial charge on any atom is 0.295 e. The molecule has 0 bridgehead atoms. The van der Waals surface area contributed by atoms with E-state index in [1.165, 1.54) is 0 Å². The molecule has 0 aliphatic heterocycles. The van der Waals surface area contributed by atoms with Crippen LogP contribution in [0.5, 0.6) is 0 Å². The summed E-state index contributed by atoms with van der Waals surface area (Å²) in [5.74, 6) is -0.198. The maximum absolute atomic E-state index is 13.0. The van der Waals surface area contributed by atoms with Crippen LogP contribution in [0.4, 0.5) is 0 Å². The van der Waals surface area contributed by atoms with Crippen LogP contribution in [-0.4, -0.2) is 29.7 Å². The minimum absolute atomic E-state index is 0.0525. The second kappa shape index (κ2) is 7.85. The fourth-order valence-electron chi connectivity index (χ4n) is 4.55. The Kier molecular flexibility index (Phi) is 7.81. The molecule has 5 heteroatoms. The highest BCUT2D eigenvalue weighted by Gasteiger charge is 2.64. The highest BCUT2D eigenvalue weighted by molar-refractivity contribution is 6.83. The van der Waals surface area contributed by atoms with Gasteiger partial charge in [0.25, 0.3) is 14.3 Å². The molecule has 0 saturated heterocycles. The number of hydrogen-bond donors (Lipinski definition) is 0. The van der Waals surface area contributed by atoms with Gasteiger partial charge >= 0.3 is 0 Å². The molecule has 0 aromatic rings. The first-order valence-electron chi connectivity index (χ1n) is 9.40. The number of carbonyl (C=O) groups excluding carboxylic acids is 1. The Labute approximate surface area is 160 Å². The van der Waals surface area contributed by atoms with Crippen molar-refractivity contribution in [3.63, 3.8) is 0 Å². The van der Waals surface area contributed by atoms with Crippen molar-refractivity contribution in [3.05, 3.63) is 0 Å². The van der Waals surface area contributed by atoms with E-state index in [1.807, 2.05) is 27.7 Å². The average molecular weight is 387 g/mol. The smallest absolute Gasteiger partial charge is 0.295 e. The molecule has 0 rings (SSSR count). The highest BCUT2D eigenvalue weighted by Crippen LogP contribution is 2.62. The average Bonchev–Trinajstić information content (AvgIpc) is 2.28. The predicted molar refractivity (Wildman–Crippen MR) is 112 cm³/mol. The van der Waals surface area contributed by atoms with Crippen molar-refractivity contribution in [3.8, 4) is 0 Å². The summed E-state index contributed by atoms with van der Waals surface area (Å²) in [5, 5.41) is -0.158. The van der Waals surface area contributed by atoms with Crippen molar-refractivity contribution < 1.29 is 13.6 Å². The zero-order chi connectivity index (χ0) is 20.5. The number of carbonyl (C=O) groups is 1. The van der Waals surface area contributed by atoms with Crippen molar-refractivity contribution >= 4 is 24.0 Å². The Morgan fingerprint density at radius 1 is 0.840 bits per heavy atom. The minimum Gasteiger partial charge on any atom is -0.517 e. The van der Waals surface area contributed by atoms with E-state index in [9.17, 15) is 4.79 Å². The molecule has 0 saturated carbocycles. The Balaban J connectivity index is 5.51. The third-order valence-electron chi connectivity index (χ3n) is 4.59. The van der Waals surface area contributed by atoms with E-state index in [-0.39, 0.29) is 32.6 Å². The Hall–Kier alpha value is -0.136. The lowest BCUT2D eigenvalue weighted by Crippen LogP contribution is -2.62. The number of hydrogen-bond acceptors (Lipinski definition) is 3. The van der Waals surface area contributed by atoms with Gasteiger partial charge in [-0.2, -0.15) is 0 Å². The van der Waals surface area contributed by atoms with Crippen molar-refractivity contribution in [1.29, 1.82) is 0 Å². The summed E-state index contributed by atoms with van der Waals surface area (Å²) in [6.45, 7) is 28.2. The zero-order valence-electron chi connectivity index (χ0n) is 19.0. The molecule has 0 spiro atoms. The van der Waals surface area contributed by atoms with Gasteiger partial charge in [0, 0.05) is 5.60 Å². The van der Waals surface area contributed by atoms with Crippen LogP contribution in [-0.2, 0) is 13.6 Å². The first-order chi connectivity index (χ1) is 10.8. The molecular formula is C20H42O3Si2. The largest absolute Gasteiger partial charge is 0.517 e. The molecule has 148 valence electrons. The quantitative estimate of drug-likeness (QED) is 0.515. The van der Waals surface area contributed by atoms with E-state index < -0.39 is 8.32 Å². The van der Waals surface area contributed by atoms with E-state index in [2.05, 4.69) is 62.3 Å². The summed E-state index contributed by atoms with van der Waals surface area (Å²) in [5.41, 5.74) is -0.164. The van der Waals surface area contributed by atoms with E-state index in [4.69, 9.17) is 8.85 Å². The van der Waals surface area contributed by atoms with Gasteiger partial charge in [-0.25, -0.2) is 0 Å². The van der Waals surface area contributed by atoms with Crippen molar-refractivity contribution in [2.75, 3.05) is 0 Å². The van der Waals surface area contributed by atoms with Crippen LogP contribution < -0.4 is 0 Å². The Morgan fingerprint density at radius 3 is 1.48 bits per heavy atom. The highest BCUT2D eigenvalue weighted by atomic mass is 28.4. The maximum atomic E-state index is 13.0. The molecule has 0 aliphatic carbocycles. The van der Waals surface area contributed by atoms with E-state index in [0.29, 0.717) is 9.76 Å². The van der Waals surface area contributed by atoms with Gasteiger partial charge in [0.1, 0.15) is 0 Å². The van der Waals surface area contributed by atoms with Gasteiger partial charge in [0.05, 0.1) is 5.92 Å². The first kappa shape index (κ1) is 24.9. The molecular weight excluding hydrogens is 344 g/mol. The summed E-state index contributed by atoms with van der Waals surface area (Å²) in [4.78, 5) is 13.0. The minimum atomic E-state index is -2.49. The van der Waals surface area contributed by atoms with Crippen LogP contribution in [0.3, 0.4) is 0 Å². The molecule has 25 heavy (non-hydrogen) atoms. The normalized spacial score (nSPS) is 15.9. The summed E-state index contributed by atoms with van der Waals surface area (Å²) >= 11 is 0. The second-order valence-electron chi connectivity index (χ2n) is 11.3. The molecule has 2 radical (unpaired) electrons. The van der Waals surface area contributed by atoms with Gasteiger partial charge < -0.3 is 8.85 Å². The molecule has 0 aliphatic rings. The van der Waals surface area contributed by atoms with E-state index in [1.54, 1.807) is 0 Å². The molecule has 0 N–H and O–H groups in total. The lowest BCUT2D eigenvalue weighted by atomic mass is 10.2. The lowest BCUT2D eigenvalue weighted by Gasteiger charge is -2.57. The van der Waals surface area contributed by atoms with Crippen molar-refractivity contribution in [2.45, 2.75) is 117 Å². The first-order valence-corrected chi connectivity index (χ1v) is 12.4. The van der Waals surface area contributed by atoms with E-state index in [0.717, 1.165) is 6.04 Å². The summed E-state index contributed by atoms with van der Waals surface area (Å²) in [7, 11) is -2.17. The molecule has 0 fully saturated rings. The summed E-state index contributed by atoms with van der Waals surface area (Å²) in [6, 6.07) is 0.721. The van der Waals surface area contributed by atoms with Crippen LogP contribution in [0.1, 0.15) is 90.0 Å². The summed E-state index contributed by atoms with van der Waals surface area (Å²) < 4.78 is 12.3. The molecule has 0 amide bonds. The second-order valence-corrected chi connectivity index (χ2v) is 18.3. The molecule has 0 aromatic heterocycles. The van der Waals surface area contributed by atoms with Gasteiger partial charge in [-0.15, -0.1) is 0 Å². The predicted octanol–water partition coefficient (Wildman–Crippen LogP) is 6.36. The third kappa shape index (κ3) is 6.21. The fourth-order valence-corrected chi connectivity index (χ4v) is 13.7. The van der Waals surface area contributed by atoms with Gasteiger partial charge in [0.15, 0.2) is 0 Å². The summed E-state index contributed by atoms with van der Waals surface area (Å²) in [6.07, 6.45) is 0. The molecule has 0 heterocycles. The SMILES string of the molecule is CC(C[Si]OC(C)(C)C)C(=O)O[Si](C(C)(C)C)(C(C)(C)C)C(C)(C)C. The van der Waals surface area contributed by atoms with Crippen LogP contribution in [0.15, 0.2) is 0 Å². The van der Waals surface area contributed by atoms with Crippen molar-refractivity contribution in [2.24, 2.45) is 5.92 Å². The Morgan fingerprint density at radius 2 is 1.20 bits per heavy atom. The number of rotatable bonds is 5. The van der Waals surface area contributed by atoms with Gasteiger partial charge in [-0.05, 0) is 41.9 Å². The molecule has 1 atom stereocenters. The molecule has 1 unspecified atom stereocenters. The topological polar surface area (TPSA) is 35.5 Å². The lowest BCUT2D eigenvalue weighted by molar-refractivity contribution is -0.139. The Bertz CT molecular complexity index is 409. The van der Waals surface area contributed by atoms with Crippen LogP contribution in [0.25, 0.3) is 0 Å².